The van der Waals surface area contributed by atoms with Gasteiger partial charge in [-0.3, -0.25) is 0 Å². The van der Waals surface area contributed by atoms with Crippen LogP contribution >= 0.6 is 0 Å². The van der Waals surface area contributed by atoms with E-state index in [1.54, 1.807) is 19.1 Å². The molecule has 0 N–H and O–H groups in total. The highest BCUT2D eigenvalue weighted by Crippen LogP contribution is 2.58. The summed E-state index contributed by atoms with van der Waals surface area (Å²) in [5.41, 5.74) is -6.14. The Morgan fingerprint density at radius 2 is 1.32 bits per heavy atom. The Morgan fingerprint density at radius 3 is 1.81 bits per heavy atom. The largest absolute Gasteiger partial charge is 0.495 e. The molecule has 0 fully saturated rings. The van der Waals surface area contributed by atoms with E-state index >= 15 is 26.3 Å². The van der Waals surface area contributed by atoms with Crippen molar-refractivity contribution >= 4 is 17.1 Å². The predicted octanol–water partition coefficient (Wildman–Crippen LogP) is 10.3. The Kier molecular flexibility index (Phi) is 11.6. The summed E-state index contributed by atoms with van der Waals surface area (Å²) in [4.78, 5) is 6.32. The summed E-state index contributed by atoms with van der Waals surface area (Å²) in [6.07, 6.45) is -6.10. The third-order valence-electron chi connectivity index (χ3n) is 7.35. The van der Waals surface area contributed by atoms with Gasteiger partial charge in [0.15, 0.2) is 0 Å². The monoisotopic (exact) mass is 654 g/mol. The highest BCUT2D eigenvalue weighted by molar-refractivity contribution is 5.70. The van der Waals surface area contributed by atoms with Crippen LogP contribution in [0.15, 0.2) is 105 Å². The van der Waals surface area contributed by atoms with E-state index < -0.39 is 28.9 Å². The summed E-state index contributed by atoms with van der Waals surface area (Å²) < 4.78 is 103. The van der Waals surface area contributed by atoms with Gasteiger partial charge in [0.25, 0.3) is 0 Å². The van der Waals surface area contributed by atoms with Crippen molar-refractivity contribution in [2.45, 2.75) is 24.7 Å². The number of aryl methyl sites for hydroxylation is 1. The van der Waals surface area contributed by atoms with Crippen molar-refractivity contribution < 1.29 is 35.8 Å². The van der Waals surface area contributed by atoms with Gasteiger partial charge < -0.3 is 19.3 Å². The summed E-state index contributed by atoms with van der Waals surface area (Å²) in [6, 6.07) is 10.0. The highest BCUT2D eigenvalue weighted by atomic mass is 19.4. The van der Waals surface area contributed by atoms with Crippen molar-refractivity contribution in [3.63, 3.8) is 0 Å². The first-order chi connectivity index (χ1) is 22.2. The van der Waals surface area contributed by atoms with E-state index in [2.05, 4.69) is 31.2 Å². The molecule has 0 atom stereocenters. The Morgan fingerprint density at radius 1 is 0.766 bits per heavy atom. The normalized spacial score (nSPS) is 11.6. The molecule has 0 spiro atoms. The van der Waals surface area contributed by atoms with Crippen LogP contribution < -0.4 is 19.3 Å². The Bertz CT molecular complexity index is 1620. The van der Waals surface area contributed by atoms with Gasteiger partial charge in [-0.05, 0) is 53.9 Å². The average Bonchev–Trinajstić information content (AvgIpc) is 3.00. The van der Waals surface area contributed by atoms with Crippen molar-refractivity contribution in [3.05, 3.63) is 140 Å². The minimum absolute atomic E-state index is 0.0118. The molecule has 47 heavy (non-hydrogen) atoms. The van der Waals surface area contributed by atoms with Crippen molar-refractivity contribution in [1.29, 1.82) is 0 Å². The summed E-state index contributed by atoms with van der Waals surface area (Å²) in [7, 11) is 1.27. The van der Waals surface area contributed by atoms with Gasteiger partial charge in [-0.1, -0.05) is 48.6 Å². The maximum absolute atomic E-state index is 15.4. The summed E-state index contributed by atoms with van der Waals surface area (Å²) in [5.74, 6) is 0.0426. The van der Waals surface area contributed by atoms with Crippen LogP contribution in [0, 0.1) is 20.0 Å². The zero-order chi connectivity index (χ0) is 35.0. The minimum Gasteiger partial charge on any atom is -0.495 e. The second-order valence-corrected chi connectivity index (χ2v) is 10.3. The summed E-state index contributed by atoms with van der Waals surface area (Å²) >= 11 is 0. The molecule has 0 saturated heterocycles. The van der Waals surface area contributed by atoms with Crippen LogP contribution in [-0.4, -0.2) is 39.1 Å². The lowest BCUT2D eigenvalue weighted by Crippen LogP contribution is -2.54. The number of alkyl halides is 6. The first-order valence-electron chi connectivity index (χ1n) is 14.2. The van der Waals surface area contributed by atoms with Crippen molar-refractivity contribution in [1.82, 2.24) is 0 Å². The smallest absolute Gasteiger partial charge is 0.411 e. The lowest BCUT2D eigenvalue weighted by molar-refractivity contribution is -0.288. The number of methoxy groups -OCH3 is 1. The van der Waals surface area contributed by atoms with Crippen molar-refractivity contribution in [2.75, 3.05) is 36.5 Å². The van der Waals surface area contributed by atoms with E-state index in [0.717, 1.165) is 36.4 Å². The second-order valence-electron chi connectivity index (χ2n) is 10.3. The highest BCUT2D eigenvalue weighted by Gasteiger charge is 2.72. The van der Waals surface area contributed by atoms with Crippen LogP contribution in [0.3, 0.4) is 0 Å². The molecule has 3 rings (SSSR count). The van der Waals surface area contributed by atoms with Crippen molar-refractivity contribution in [2.24, 2.45) is 0 Å². The molecule has 0 aliphatic rings. The first-order valence-corrected chi connectivity index (χ1v) is 14.2. The summed E-state index contributed by atoms with van der Waals surface area (Å²) in [5, 5.41) is 0. The lowest BCUT2D eigenvalue weighted by Gasteiger charge is -2.39. The molecule has 0 aliphatic heterocycles. The number of hydrogen-bond donors (Lipinski definition) is 0. The van der Waals surface area contributed by atoms with Gasteiger partial charge in [-0.15, -0.1) is 26.3 Å². The van der Waals surface area contributed by atoms with E-state index in [1.165, 1.54) is 53.8 Å². The standard InChI is InChI=1S/C36H34F6N3O2/c1-8-19-44(20-9-2)28-23-26(15-17-30(28)46-7)34(35(37,38)39,36(40,41)42)27-16-18-31(29(24-27)45(21-10-3)22-11-4)47-32-14-12-13-25(5)33(32)43-6/h8-18,21,23-24H,1-4,19-20,22H2,5,7H3. The molecule has 0 bridgehead atoms. The molecular weight excluding hydrogens is 620 g/mol. The van der Waals surface area contributed by atoms with Gasteiger partial charge in [-0.2, -0.15) is 26.3 Å². The molecule has 0 saturated carbocycles. The van der Waals surface area contributed by atoms with Crippen LogP contribution in [0.2, 0.25) is 0 Å². The molecule has 11 heteroatoms. The quantitative estimate of drug-likeness (QED) is 0.0927. The van der Waals surface area contributed by atoms with Crippen LogP contribution in [0.1, 0.15) is 16.7 Å². The minimum atomic E-state index is -5.88. The zero-order valence-electron chi connectivity index (χ0n) is 26.0. The number of hydrogen-bond acceptors (Lipinski definition) is 4. The van der Waals surface area contributed by atoms with E-state index in [9.17, 15) is 0 Å². The van der Waals surface area contributed by atoms with Gasteiger partial charge in [0.2, 0.25) is 11.1 Å². The fourth-order valence-corrected chi connectivity index (χ4v) is 5.28. The molecule has 0 amide bonds. The van der Waals surface area contributed by atoms with Crippen LogP contribution in [0.5, 0.6) is 17.2 Å². The van der Waals surface area contributed by atoms with Crippen LogP contribution in [-0.2, 0) is 5.41 Å². The molecule has 247 valence electrons. The maximum Gasteiger partial charge on any atom is 0.411 e. The van der Waals surface area contributed by atoms with Crippen LogP contribution in [0.25, 0.3) is 4.85 Å². The van der Waals surface area contributed by atoms with Gasteiger partial charge >= 0.3 is 12.4 Å². The molecule has 0 aliphatic carbocycles. The number of ether oxygens (including phenoxy) is 2. The molecule has 0 aromatic heterocycles. The zero-order valence-corrected chi connectivity index (χ0v) is 26.0. The summed E-state index contributed by atoms with van der Waals surface area (Å²) in [6.45, 7) is 25.4. The molecule has 1 radical (unpaired) electrons. The predicted molar refractivity (Wildman–Crippen MR) is 174 cm³/mol. The topological polar surface area (TPSA) is 29.3 Å². The van der Waals surface area contributed by atoms with Gasteiger partial charge in [0, 0.05) is 19.6 Å². The van der Waals surface area contributed by atoms with Gasteiger partial charge in [0.1, 0.15) is 17.2 Å². The second kappa shape index (κ2) is 15.0. The number of para-hydroxylation sites is 1. The molecule has 3 aromatic carbocycles. The molecule has 0 unspecified atom stereocenters. The first kappa shape index (κ1) is 36.4. The van der Waals surface area contributed by atoms with Crippen LogP contribution in [0.4, 0.5) is 43.4 Å². The molecular formula is C36H34F6N3O2. The van der Waals surface area contributed by atoms with E-state index in [4.69, 9.17) is 16.0 Å². The third-order valence-corrected chi connectivity index (χ3v) is 7.35. The maximum atomic E-state index is 15.4. The van der Waals surface area contributed by atoms with E-state index in [1.807, 2.05) is 0 Å². The SMILES string of the molecule is [C-]#[N+]c1c(C)cccc1Oc1ccc(C(c2ccc(OC)c(N(CC=C)CC=C)c2)(C(F)(F)F)C(F)(F)F)cc1N([CH]C=C)CC=C. The number of rotatable bonds is 15. The lowest BCUT2D eigenvalue weighted by atomic mass is 9.72. The van der Waals surface area contributed by atoms with Gasteiger partial charge in [0.05, 0.1) is 31.6 Å². The van der Waals surface area contributed by atoms with E-state index in [0.29, 0.717) is 5.56 Å². The fraction of sp³-hybridized carbons (Fsp3) is 0.222. The van der Waals surface area contributed by atoms with E-state index in [-0.39, 0.29) is 53.9 Å². The molecule has 5 nitrogen and oxygen atoms in total. The average molecular weight is 655 g/mol. The number of anilines is 2. The number of benzene rings is 3. The molecule has 0 heterocycles. The Labute approximate surface area is 271 Å². The Hall–Kier alpha value is -5.11. The number of halogens is 6. The fourth-order valence-electron chi connectivity index (χ4n) is 5.28. The number of nitrogens with zero attached hydrogens (tertiary/aromatic N) is 3. The van der Waals surface area contributed by atoms with Gasteiger partial charge in [-0.25, -0.2) is 4.85 Å². The Balaban J connectivity index is 2.46. The van der Waals surface area contributed by atoms with Crippen molar-refractivity contribution in [3.8, 4) is 17.2 Å². The molecule has 3 aromatic rings. The third kappa shape index (κ3) is 7.17.